The molecule has 2 rings (SSSR count). The van der Waals surface area contributed by atoms with Gasteiger partial charge < -0.3 is 19.5 Å². The number of ether oxygens (including phenoxy) is 2. The maximum absolute atomic E-state index is 14.4. The van der Waals surface area contributed by atoms with Crippen LogP contribution in [-0.4, -0.2) is 31.3 Å². The summed E-state index contributed by atoms with van der Waals surface area (Å²) in [4.78, 5) is 25.3. The zero-order chi connectivity index (χ0) is 17.9. The smallest absolute Gasteiger partial charge is 0.355 e. The van der Waals surface area contributed by atoms with E-state index >= 15 is 0 Å². The molecule has 1 aliphatic heterocycles. The summed E-state index contributed by atoms with van der Waals surface area (Å²) in [6.45, 7) is 0. The molecule has 0 bridgehead atoms. The van der Waals surface area contributed by atoms with Gasteiger partial charge in [-0.3, -0.25) is 0 Å². The summed E-state index contributed by atoms with van der Waals surface area (Å²) in [6, 6.07) is 2.16. The van der Waals surface area contributed by atoms with Crippen molar-refractivity contribution >= 4 is 33.6 Å². The number of allylic oxidation sites excluding steroid dienone is 2. The lowest BCUT2D eigenvalue weighted by Gasteiger charge is -2.23. The van der Waals surface area contributed by atoms with E-state index in [0.29, 0.717) is 0 Å². The van der Waals surface area contributed by atoms with Crippen LogP contribution in [0.4, 0.5) is 10.1 Å². The Morgan fingerprint density at radius 3 is 2.46 bits per heavy atom. The van der Waals surface area contributed by atoms with Crippen LogP contribution >= 0.6 is 15.9 Å². The molecule has 1 N–H and O–H groups in total. The maximum Gasteiger partial charge on any atom is 0.355 e. The Kier molecular flexibility index (Phi) is 5.40. The second kappa shape index (κ2) is 7.31. The Balaban J connectivity index is 2.72. The summed E-state index contributed by atoms with van der Waals surface area (Å²) in [6.07, 6.45) is 5.71. The number of hydrogen-bond donors (Lipinski definition) is 1. The predicted octanol–water partition coefficient (Wildman–Crippen LogP) is 2.78. The summed E-state index contributed by atoms with van der Waals surface area (Å²) >= 11 is 3.01. The first-order valence-electron chi connectivity index (χ1n) is 6.63. The monoisotopic (exact) mass is 397 g/mol. The number of carbonyl (C=O) groups is 2. The molecular formula is C16H13BrFNO5. The number of esters is 2. The van der Waals surface area contributed by atoms with Crippen molar-refractivity contribution in [1.82, 2.24) is 0 Å². The number of halogens is 2. The van der Waals surface area contributed by atoms with Crippen LogP contribution in [0.25, 0.3) is 0 Å². The predicted molar refractivity (Wildman–Crippen MR) is 87.6 cm³/mol. The largest absolute Gasteiger partial charge is 0.507 e. The van der Waals surface area contributed by atoms with Crippen molar-refractivity contribution in [2.75, 3.05) is 19.1 Å². The highest BCUT2D eigenvalue weighted by Gasteiger charge is 2.29. The van der Waals surface area contributed by atoms with Gasteiger partial charge in [0, 0.05) is 12.3 Å². The van der Waals surface area contributed by atoms with Gasteiger partial charge in [0.15, 0.2) is 0 Å². The molecule has 1 aliphatic rings. The van der Waals surface area contributed by atoms with E-state index in [1.807, 2.05) is 0 Å². The first kappa shape index (κ1) is 17.7. The quantitative estimate of drug-likeness (QED) is 0.790. The van der Waals surface area contributed by atoms with Crippen molar-refractivity contribution in [3.8, 4) is 5.75 Å². The lowest BCUT2D eigenvalue weighted by Crippen LogP contribution is -2.27. The van der Waals surface area contributed by atoms with E-state index in [9.17, 15) is 19.1 Å². The van der Waals surface area contributed by atoms with Crippen LogP contribution in [0.2, 0.25) is 0 Å². The number of phenolic OH excluding ortho intramolecular Hbond substituents is 1. The highest BCUT2D eigenvalue weighted by Crippen LogP contribution is 2.35. The molecule has 0 radical (unpaired) electrons. The number of phenols is 1. The standard InChI is InChI=1S/C16H13BrFNO5/c1-23-15(21)9-5-3-4-6-19(14(9)16(22)24-2)12-8-13(20)10(17)7-11(12)18/h3-8,20H,1-2H3. The van der Waals surface area contributed by atoms with Crippen LogP contribution in [0.1, 0.15) is 0 Å². The van der Waals surface area contributed by atoms with Crippen LogP contribution in [0.5, 0.6) is 5.75 Å². The van der Waals surface area contributed by atoms with E-state index in [2.05, 4.69) is 20.7 Å². The molecule has 1 heterocycles. The van der Waals surface area contributed by atoms with Gasteiger partial charge in [0.2, 0.25) is 0 Å². The third kappa shape index (κ3) is 3.33. The van der Waals surface area contributed by atoms with Gasteiger partial charge in [-0.25, -0.2) is 14.0 Å². The number of rotatable bonds is 3. The summed E-state index contributed by atoms with van der Waals surface area (Å²) in [5.41, 5.74) is -0.497. The van der Waals surface area contributed by atoms with Gasteiger partial charge in [0.25, 0.3) is 0 Å². The fraction of sp³-hybridized carbons (Fsp3) is 0.125. The molecule has 1 aromatic rings. The summed E-state index contributed by atoms with van der Waals surface area (Å²) in [7, 11) is 2.29. The Bertz CT molecular complexity index is 785. The summed E-state index contributed by atoms with van der Waals surface area (Å²) in [5, 5.41) is 9.83. The maximum atomic E-state index is 14.4. The third-order valence-electron chi connectivity index (χ3n) is 3.17. The van der Waals surface area contributed by atoms with Gasteiger partial charge in [-0.15, -0.1) is 0 Å². The van der Waals surface area contributed by atoms with Crippen LogP contribution in [0.15, 0.2) is 52.3 Å². The Hall–Kier alpha value is -2.61. The molecular weight excluding hydrogens is 385 g/mol. The normalized spacial score (nSPS) is 13.8. The van der Waals surface area contributed by atoms with Crippen LogP contribution in [0.3, 0.4) is 0 Å². The van der Waals surface area contributed by atoms with Gasteiger partial charge in [0.1, 0.15) is 17.3 Å². The summed E-state index contributed by atoms with van der Waals surface area (Å²) in [5.74, 6) is -2.62. The number of hydrogen-bond acceptors (Lipinski definition) is 6. The molecule has 0 saturated carbocycles. The number of anilines is 1. The van der Waals surface area contributed by atoms with E-state index in [1.165, 1.54) is 24.4 Å². The van der Waals surface area contributed by atoms with Crippen molar-refractivity contribution in [3.63, 3.8) is 0 Å². The Labute approximate surface area is 145 Å². The molecule has 0 saturated heterocycles. The molecule has 0 unspecified atom stereocenters. The molecule has 8 heteroatoms. The molecule has 24 heavy (non-hydrogen) atoms. The van der Waals surface area contributed by atoms with Gasteiger partial charge >= 0.3 is 11.9 Å². The molecule has 0 amide bonds. The van der Waals surface area contributed by atoms with Crippen LogP contribution in [0, 0.1) is 5.82 Å². The van der Waals surface area contributed by atoms with E-state index in [0.717, 1.165) is 31.3 Å². The molecule has 0 aromatic heterocycles. The Morgan fingerprint density at radius 2 is 1.83 bits per heavy atom. The van der Waals surface area contributed by atoms with Crippen LogP contribution in [-0.2, 0) is 19.1 Å². The van der Waals surface area contributed by atoms with Gasteiger partial charge in [-0.05, 0) is 34.1 Å². The fourth-order valence-corrected chi connectivity index (χ4v) is 2.38. The average molecular weight is 398 g/mol. The minimum Gasteiger partial charge on any atom is -0.507 e. The lowest BCUT2D eigenvalue weighted by molar-refractivity contribution is -0.139. The highest BCUT2D eigenvalue weighted by atomic mass is 79.9. The number of methoxy groups -OCH3 is 2. The van der Waals surface area contributed by atoms with Crippen molar-refractivity contribution in [2.24, 2.45) is 0 Å². The van der Waals surface area contributed by atoms with Crippen molar-refractivity contribution < 1.29 is 28.6 Å². The summed E-state index contributed by atoms with van der Waals surface area (Å²) < 4.78 is 23.9. The highest BCUT2D eigenvalue weighted by molar-refractivity contribution is 9.10. The van der Waals surface area contributed by atoms with Crippen LogP contribution < -0.4 is 4.90 Å². The second-order valence-corrected chi connectivity index (χ2v) is 5.43. The van der Waals surface area contributed by atoms with Crippen molar-refractivity contribution in [2.45, 2.75) is 0 Å². The lowest BCUT2D eigenvalue weighted by atomic mass is 10.1. The first-order chi connectivity index (χ1) is 11.4. The molecule has 126 valence electrons. The van der Waals surface area contributed by atoms with Crippen molar-refractivity contribution in [1.29, 1.82) is 0 Å². The number of benzene rings is 1. The Morgan fingerprint density at radius 1 is 1.17 bits per heavy atom. The van der Waals surface area contributed by atoms with E-state index < -0.39 is 17.8 Å². The fourth-order valence-electron chi connectivity index (χ4n) is 2.06. The molecule has 0 fully saturated rings. The van der Waals surface area contributed by atoms with Gasteiger partial charge in [0.05, 0.1) is 30.0 Å². The SMILES string of the molecule is COC(=O)C1=C(C(=O)OC)N(c2cc(O)c(Br)cc2F)C=CC=C1. The molecule has 0 spiro atoms. The third-order valence-corrected chi connectivity index (χ3v) is 3.80. The topological polar surface area (TPSA) is 76.1 Å². The van der Waals surface area contributed by atoms with Gasteiger partial charge in [-0.2, -0.15) is 0 Å². The molecule has 0 atom stereocenters. The van der Waals surface area contributed by atoms with E-state index in [-0.39, 0.29) is 27.2 Å². The first-order valence-corrected chi connectivity index (χ1v) is 7.43. The second-order valence-electron chi connectivity index (χ2n) is 4.57. The zero-order valence-corrected chi connectivity index (χ0v) is 14.3. The minimum absolute atomic E-state index is 0.115. The minimum atomic E-state index is -0.867. The molecule has 1 aromatic carbocycles. The number of aromatic hydroxyl groups is 1. The van der Waals surface area contributed by atoms with Crippen molar-refractivity contribution in [3.05, 3.63) is 58.1 Å². The number of carbonyl (C=O) groups excluding carboxylic acids is 2. The average Bonchev–Trinajstić information content (AvgIpc) is 2.79. The van der Waals surface area contributed by atoms with Gasteiger partial charge in [-0.1, -0.05) is 6.08 Å². The molecule has 6 nitrogen and oxygen atoms in total. The van der Waals surface area contributed by atoms with E-state index in [4.69, 9.17) is 4.74 Å². The molecule has 0 aliphatic carbocycles. The zero-order valence-electron chi connectivity index (χ0n) is 12.7. The van der Waals surface area contributed by atoms with E-state index in [1.54, 1.807) is 0 Å². The number of nitrogens with zero attached hydrogens (tertiary/aromatic N) is 1.